The molecule has 0 aliphatic rings. The number of halogens is 1. The molecule has 0 bridgehead atoms. The van der Waals surface area contributed by atoms with Gasteiger partial charge in [-0.15, -0.1) is 0 Å². The van der Waals surface area contributed by atoms with E-state index in [1.165, 1.54) is 6.20 Å². The highest BCUT2D eigenvalue weighted by Gasteiger charge is 2.17. The van der Waals surface area contributed by atoms with Gasteiger partial charge in [0.05, 0.1) is 16.4 Å². The molecule has 1 aromatic rings. The van der Waals surface area contributed by atoms with Gasteiger partial charge in [-0.25, -0.2) is 4.98 Å². The van der Waals surface area contributed by atoms with Crippen LogP contribution in [0.15, 0.2) is 16.7 Å². The Kier molecular flexibility index (Phi) is 4.29. The van der Waals surface area contributed by atoms with Crippen LogP contribution in [0.4, 0.5) is 11.5 Å². The van der Waals surface area contributed by atoms with E-state index < -0.39 is 0 Å². The Hall–Kier alpha value is -1.10. The lowest BCUT2D eigenvalue weighted by molar-refractivity contribution is -0.120. The second-order valence-corrected chi connectivity index (χ2v) is 4.98. The molecule has 4 nitrogen and oxygen atoms in total. The van der Waals surface area contributed by atoms with E-state index in [4.69, 9.17) is 5.73 Å². The number of carbonyl (C=O) groups is 1. The first kappa shape index (κ1) is 13.0. The molecule has 0 radical (unpaired) electrons. The quantitative estimate of drug-likeness (QED) is 0.897. The van der Waals surface area contributed by atoms with E-state index in [2.05, 4.69) is 26.2 Å². The molecule has 0 aromatic carbocycles. The van der Waals surface area contributed by atoms with Crippen LogP contribution < -0.4 is 11.1 Å². The number of nitrogens with zero attached hydrogens (tertiary/aromatic N) is 1. The summed E-state index contributed by atoms with van der Waals surface area (Å²) in [4.78, 5) is 15.8. The number of hydrogen-bond donors (Lipinski definition) is 2. The number of carbonyl (C=O) groups excluding carboxylic acids is 1. The maximum Gasteiger partial charge on any atom is 0.228 e. The van der Waals surface area contributed by atoms with E-state index >= 15 is 0 Å². The lowest BCUT2D eigenvalue weighted by atomic mass is 9.97. The van der Waals surface area contributed by atoms with Crippen LogP contribution in [0.3, 0.4) is 0 Å². The average Bonchev–Trinajstić information content (AvgIpc) is 2.20. The maximum absolute atomic E-state index is 11.8. The zero-order chi connectivity index (χ0) is 12.3. The first-order valence-corrected chi connectivity index (χ1v) is 5.93. The summed E-state index contributed by atoms with van der Waals surface area (Å²) in [5, 5.41) is 2.77. The molecule has 1 heterocycles. The molecule has 1 amide bonds. The third-order valence-electron chi connectivity index (χ3n) is 2.52. The van der Waals surface area contributed by atoms with E-state index in [0.717, 1.165) is 0 Å². The Morgan fingerprint density at radius 2 is 2.12 bits per heavy atom. The lowest BCUT2D eigenvalue weighted by Gasteiger charge is -2.15. The molecule has 1 unspecified atom stereocenters. The minimum atomic E-state index is -0.0498. The van der Waals surface area contributed by atoms with Crippen molar-refractivity contribution in [2.75, 3.05) is 11.1 Å². The summed E-state index contributed by atoms with van der Waals surface area (Å²) < 4.78 is 0.691. The zero-order valence-electron chi connectivity index (χ0n) is 9.62. The number of hydrogen-bond acceptors (Lipinski definition) is 3. The van der Waals surface area contributed by atoms with Crippen LogP contribution in [0.5, 0.6) is 0 Å². The second kappa shape index (κ2) is 5.30. The van der Waals surface area contributed by atoms with Crippen molar-refractivity contribution < 1.29 is 4.79 Å². The first-order chi connectivity index (χ1) is 7.41. The predicted molar refractivity (Wildman–Crippen MR) is 69.0 cm³/mol. The molecule has 1 aromatic heterocycles. The summed E-state index contributed by atoms with van der Waals surface area (Å²) in [7, 11) is 0. The summed E-state index contributed by atoms with van der Waals surface area (Å²) in [6, 6.07) is 1.71. The van der Waals surface area contributed by atoms with Crippen molar-refractivity contribution in [3.63, 3.8) is 0 Å². The van der Waals surface area contributed by atoms with Gasteiger partial charge < -0.3 is 11.1 Å². The molecule has 88 valence electrons. The van der Waals surface area contributed by atoms with Gasteiger partial charge in [0, 0.05) is 5.92 Å². The van der Waals surface area contributed by atoms with Gasteiger partial charge in [0.25, 0.3) is 0 Å². The topological polar surface area (TPSA) is 68.0 Å². The van der Waals surface area contributed by atoms with Crippen LogP contribution in [0.2, 0.25) is 0 Å². The van der Waals surface area contributed by atoms with Crippen LogP contribution in [-0.2, 0) is 4.79 Å². The average molecular weight is 286 g/mol. The van der Waals surface area contributed by atoms with E-state index in [-0.39, 0.29) is 11.8 Å². The van der Waals surface area contributed by atoms with Crippen LogP contribution in [0.25, 0.3) is 0 Å². The van der Waals surface area contributed by atoms with E-state index in [0.29, 0.717) is 21.9 Å². The number of pyridine rings is 1. The largest absolute Gasteiger partial charge is 0.397 e. The van der Waals surface area contributed by atoms with Crippen molar-refractivity contribution in [1.82, 2.24) is 4.98 Å². The standard InChI is InChI=1S/C11H16BrN3O/c1-6(2)7(3)11(16)15-10-9(12)4-8(13)5-14-10/h4-7H,13H2,1-3H3,(H,14,15,16). The van der Waals surface area contributed by atoms with E-state index in [1.54, 1.807) is 6.07 Å². The fourth-order valence-electron chi connectivity index (χ4n) is 1.08. The number of amides is 1. The highest BCUT2D eigenvalue weighted by molar-refractivity contribution is 9.10. The normalized spacial score (nSPS) is 12.6. The van der Waals surface area contributed by atoms with Crippen molar-refractivity contribution in [1.29, 1.82) is 0 Å². The fourth-order valence-corrected chi connectivity index (χ4v) is 1.54. The lowest BCUT2D eigenvalue weighted by Crippen LogP contribution is -2.25. The minimum absolute atomic E-state index is 0.0343. The smallest absolute Gasteiger partial charge is 0.228 e. The molecule has 0 saturated carbocycles. The van der Waals surface area contributed by atoms with E-state index in [1.807, 2.05) is 20.8 Å². The molecule has 0 aliphatic heterocycles. The minimum Gasteiger partial charge on any atom is -0.397 e. The highest BCUT2D eigenvalue weighted by atomic mass is 79.9. The number of nitrogens with one attached hydrogen (secondary N) is 1. The maximum atomic E-state index is 11.8. The third kappa shape index (κ3) is 3.20. The zero-order valence-corrected chi connectivity index (χ0v) is 11.2. The molecule has 0 aliphatic carbocycles. The number of aromatic nitrogens is 1. The Morgan fingerprint density at radius 1 is 1.50 bits per heavy atom. The summed E-state index contributed by atoms with van der Waals surface area (Å²) in [5.41, 5.74) is 6.12. The molecular formula is C11H16BrN3O. The van der Waals surface area contributed by atoms with E-state index in [9.17, 15) is 4.79 Å². The van der Waals surface area contributed by atoms with Gasteiger partial charge in [-0.05, 0) is 27.9 Å². The molecule has 0 saturated heterocycles. The Balaban J connectivity index is 2.77. The molecule has 1 atom stereocenters. The Morgan fingerprint density at radius 3 is 2.62 bits per heavy atom. The molecule has 16 heavy (non-hydrogen) atoms. The van der Waals surface area contributed by atoms with Gasteiger partial charge in [0.1, 0.15) is 5.82 Å². The SMILES string of the molecule is CC(C)C(C)C(=O)Nc1ncc(N)cc1Br. The van der Waals surface area contributed by atoms with Gasteiger partial charge in [-0.3, -0.25) is 4.79 Å². The number of nitrogen functional groups attached to an aromatic ring is 1. The van der Waals surface area contributed by atoms with Crippen LogP contribution >= 0.6 is 15.9 Å². The monoisotopic (exact) mass is 285 g/mol. The predicted octanol–water partition coefficient (Wildman–Crippen LogP) is 2.66. The third-order valence-corrected chi connectivity index (χ3v) is 3.12. The van der Waals surface area contributed by atoms with Crippen LogP contribution in [0, 0.1) is 11.8 Å². The van der Waals surface area contributed by atoms with Crippen molar-refractivity contribution >= 4 is 33.3 Å². The number of rotatable bonds is 3. The van der Waals surface area contributed by atoms with Crippen molar-refractivity contribution in [3.8, 4) is 0 Å². The van der Waals surface area contributed by atoms with Crippen molar-refractivity contribution in [2.24, 2.45) is 11.8 Å². The summed E-state index contributed by atoms with van der Waals surface area (Å²) >= 11 is 3.30. The summed E-state index contributed by atoms with van der Waals surface area (Å²) in [5.74, 6) is 0.721. The molecule has 1 rings (SSSR count). The van der Waals surface area contributed by atoms with Crippen molar-refractivity contribution in [3.05, 3.63) is 16.7 Å². The Bertz CT molecular complexity index is 393. The van der Waals surface area contributed by atoms with Gasteiger partial charge in [-0.2, -0.15) is 0 Å². The molecule has 5 heteroatoms. The summed E-state index contributed by atoms with van der Waals surface area (Å²) in [6.07, 6.45) is 1.51. The van der Waals surface area contributed by atoms with Crippen molar-refractivity contribution in [2.45, 2.75) is 20.8 Å². The summed E-state index contributed by atoms with van der Waals surface area (Å²) in [6.45, 7) is 5.91. The molecule has 0 spiro atoms. The van der Waals surface area contributed by atoms with Crippen LogP contribution in [0.1, 0.15) is 20.8 Å². The van der Waals surface area contributed by atoms with Crippen LogP contribution in [-0.4, -0.2) is 10.9 Å². The fraction of sp³-hybridized carbons (Fsp3) is 0.455. The molecular weight excluding hydrogens is 270 g/mol. The second-order valence-electron chi connectivity index (χ2n) is 4.12. The first-order valence-electron chi connectivity index (χ1n) is 5.13. The number of nitrogens with two attached hydrogens (primary N) is 1. The van der Waals surface area contributed by atoms with Gasteiger partial charge >= 0.3 is 0 Å². The van der Waals surface area contributed by atoms with Gasteiger partial charge in [0.15, 0.2) is 0 Å². The Labute approximate surface area is 104 Å². The van der Waals surface area contributed by atoms with Gasteiger partial charge in [-0.1, -0.05) is 20.8 Å². The van der Waals surface area contributed by atoms with Gasteiger partial charge in [0.2, 0.25) is 5.91 Å². The molecule has 3 N–H and O–H groups in total. The highest BCUT2D eigenvalue weighted by Crippen LogP contribution is 2.23. The number of anilines is 2. The molecule has 0 fully saturated rings.